The Balaban J connectivity index is 2.65. The zero-order valence-electron chi connectivity index (χ0n) is 8.51. The van der Waals surface area contributed by atoms with Gasteiger partial charge in [-0.1, -0.05) is 12.1 Å². The summed E-state index contributed by atoms with van der Waals surface area (Å²) in [6.45, 7) is -0.113. The van der Waals surface area contributed by atoms with Crippen LogP contribution in [0.5, 0.6) is 0 Å². The van der Waals surface area contributed by atoms with Gasteiger partial charge in [0.1, 0.15) is 0 Å². The van der Waals surface area contributed by atoms with Crippen LogP contribution in [-0.2, 0) is 6.54 Å². The number of halogens is 3. The molecule has 0 unspecified atom stereocenters. The molecular weight excluding hydrogens is 223 g/mol. The number of benzene rings is 1. The van der Waals surface area contributed by atoms with Crippen LogP contribution in [0.4, 0.5) is 13.2 Å². The summed E-state index contributed by atoms with van der Waals surface area (Å²) in [6.07, 6.45) is -2.34. The molecule has 0 saturated heterocycles. The lowest BCUT2D eigenvalue weighted by Gasteiger charge is -2.19. The van der Waals surface area contributed by atoms with Crippen molar-refractivity contribution < 1.29 is 13.2 Å². The molecule has 84 valence electrons. The second-order valence-electron chi connectivity index (χ2n) is 3.17. The zero-order chi connectivity index (χ0) is 11.5. The van der Waals surface area contributed by atoms with Crippen LogP contribution in [0.2, 0.25) is 0 Å². The number of rotatable bonds is 3. The van der Waals surface area contributed by atoms with Crippen molar-refractivity contribution in [3.63, 3.8) is 0 Å². The number of hydrogen-bond acceptors (Lipinski definition) is 2. The van der Waals surface area contributed by atoms with E-state index >= 15 is 0 Å². The molecule has 1 rings (SSSR count). The SMILES string of the molecule is CSc1ccc(CN(C)C(F)(F)F)cc1. The fourth-order valence-corrected chi connectivity index (χ4v) is 1.50. The molecule has 0 spiro atoms. The van der Waals surface area contributed by atoms with E-state index in [0.29, 0.717) is 10.5 Å². The molecule has 0 fully saturated rings. The number of thioether (sulfide) groups is 1. The highest BCUT2D eigenvalue weighted by molar-refractivity contribution is 7.98. The topological polar surface area (TPSA) is 3.24 Å². The normalized spacial score (nSPS) is 12.1. The van der Waals surface area contributed by atoms with E-state index in [4.69, 9.17) is 0 Å². The molecule has 0 atom stereocenters. The monoisotopic (exact) mass is 235 g/mol. The van der Waals surface area contributed by atoms with Crippen molar-refractivity contribution in [3.05, 3.63) is 29.8 Å². The first-order valence-corrected chi connectivity index (χ1v) is 5.57. The van der Waals surface area contributed by atoms with Gasteiger partial charge >= 0.3 is 6.30 Å². The average Bonchev–Trinajstić information content (AvgIpc) is 2.17. The largest absolute Gasteiger partial charge is 0.459 e. The van der Waals surface area contributed by atoms with E-state index in [9.17, 15) is 13.2 Å². The van der Waals surface area contributed by atoms with E-state index in [1.54, 1.807) is 23.9 Å². The van der Waals surface area contributed by atoms with Gasteiger partial charge in [0.2, 0.25) is 0 Å². The minimum Gasteiger partial charge on any atom is -0.213 e. The van der Waals surface area contributed by atoms with Gasteiger partial charge in [-0.3, -0.25) is 0 Å². The molecule has 0 radical (unpaired) electrons. The first-order chi connectivity index (χ1) is 6.93. The van der Waals surface area contributed by atoms with Crippen LogP contribution in [0.15, 0.2) is 29.2 Å². The van der Waals surface area contributed by atoms with Crippen LogP contribution in [0, 0.1) is 0 Å². The van der Waals surface area contributed by atoms with Gasteiger partial charge in [-0.05, 0) is 31.0 Å². The Morgan fingerprint density at radius 3 is 2.13 bits per heavy atom. The summed E-state index contributed by atoms with van der Waals surface area (Å²) in [7, 11) is 1.04. The maximum atomic E-state index is 12.2. The van der Waals surface area contributed by atoms with E-state index in [0.717, 1.165) is 11.9 Å². The number of nitrogens with zero attached hydrogens (tertiary/aromatic N) is 1. The first-order valence-electron chi connectivity index (χ1n) is 4.34. The zero-order valence-corrected chi connectivity index (χ0v) is 9.32. The van der Waals surface area contributed by atoms with Crippen LogP contribution in [0.1, 0.15) is 5.56 Å². The molecule has 0 aliphatic rings. The summed E-state index contributed by atoms with van der Waals surface area (Å²) in [4.78, 5) is 1.41. The van der Waals surface area contributed by atoms with Gasteiger partial charge < -0.3 is 0 Å². The molecule has 15 heavy (non-hydrogen) atoms. The van der Waals surface area contributed by atoms with Crippen molar-refractivity contribution in [1.82, 2.24) is 4.90 Å². The quantitative estimate of drug-likeness (QED) is 0.584. The molecular formula is C10H12F3NS. The highest BCUT2D eigenvalue weighted by Gasteiger charge is 2.33. The van der Waals surface area contributed by atoms with E-state index < -0.39 is 6.30 Å². The van der Waals surface area contributed by atoms with E-state index in [1.165, 1.54) is 0 Å². The van der Waals surface area contributed by atoms with Gasteiger partial charge in [0.25, 0.3) is 0 Å². The van der Waals surface area contributed by atoms with E-state index in [-0.39, 0.29) is 6.54 Å². The summed E-state index contributed by atoms with van der Waals surface area (Å²) in [5.74, 6) is 0. The van der Waals surface area contributed by atoms with Gasteiger partial charge in [-0.2, -0.15) is 13.2 Å². The third-order valence-corrected chi connectivity index (χ3v) is 2.76. The first kappa shape index (κ1) is 12.4. The fourth-order valence-electron chi connectivity index (χ4n) is 1.09. The highest BCUT2D eigenvalue weighted by atomic mass is 32.2. The second kappa shape index (κ2) is 4.90. The predicted octanol–water partition coefficient (Wildman–Crippen LogP) is 3.36. The molecule has 1 aromatic carbocycles. The third-order valence-electron chi connectivity index (χ3n) is 2.01. The molecule has 0 aromatic heterocycles. The van der Waals surface area contributed by atoms with Crippen LogP contribution in [0.25, 0.3) is 0 Å². The van der Waals surface area contributed by atoms with Crippen molar-refractivity contribution in [1.29, 1.82) is 0 Å². The van der Waals surface area contributed by atoms with Gasteiger partial charge in [-0.25, -0.2) is 4.90 Å². The second-order valence-corrected chi connectivity index (χ2v) is 4.05. The lowest BCUT2D eigenvalue weighted by atomic mass is 10.2. The minimum absolute atomic E-state index is 0.113. The molecule has 0 bridgehead atoms. The molecule has 0 aliphatic heterocycles. The summed E-state index contributed by atoms with van der Waals surface area (Å²) in [5, 5.41) is 0. The highest BCUT2D eigenvalue weighted by Crippen LogP contribution is 2.22. The number of alkyl halides is 3. The fraction of sp³-hybridized carbons (Fsp3) is 0.400. The Morgan fingerprint density at radius 1 is 1.20 bits per heavy atom. The van der Waals surface area contributed by atoms with Crippen molar-refractivity contribution in [3.8, 4) is 0 Å². The summed E-state index contributed by atoms with van der Waals surface area (Å²) >= 11 is 1.57. The Morgan fingerprint density at radius 2 is 1.73 bits per heavy atom. The van der Waals surface area contributed by atoms with Crippen molar-refractivity contribution in [2.45, 2.75) is 17.7 Å². The number of hydrogen-bond donors (Lipinski definition) is 0. The molecule has 0 N–H and O–H groups in total. The standard InChI is InChI=1S/C10H12F3NS/c1-14(10(11,12)13)7-8-3-5-9(15-2)6-4-8/h3-6H,7H2,1-2H3. The summed E-state index contributed by atoms with van der Waals surface area (Å²) in [6, 6.07) is 7.08. The van der Waals surface area contributed by atoms with Crippen LogP contribution >= 0.6 is 11.8 Å². The van der Waals surface area contributed by atoms with Crippen molar-refractivity contribution in [2.24, 2.45) is 0 Å². The van der Waals surface area contributed by atoms with E-state index in [1.807, 2.05) is 18.4 Å². The molecule has 0 amide bonds. The molecule has 5 heteroatoms. The average molecular weight is 235 g/mol. The summed E-state index contributed by atoms with van der Waals surface area (Å²) in [5.41, 5.74) is 0.660. The predicted molar refractivity (Wildman–Crippen MR) is 55.7 cm³/mol. The van der Waals surface area contributed by atoms with Gasteiger partial charge in [0.05, 0.1) is 0 Å². The molecule has 1 nitrogen and oxygen atoms in total. The van der Waals surface area contributed by atoms with Crippen LogP contribution in [0.3, 0.4) is 0 Å². The summed E-state index contributed by atoms with van der Waals surface area (Å²) < 4.78 is 36.6. The van der Waals surface area contributed by atoms with Crippen molar-refractivity contribution >= 4 is 11.8 Å². The Labute approximate surface area is 91.3 Å². The molecule has 0 heterocycles. The van der Waals surface area contributed by atoms with Gasteiger partial charge in [-0.15, -0.1) is 11.8 Å². The molecule has 0 saturated carbocycles. The lowest BCUT2D eigenvalue weighted by Crippen LogP contribution is -2.33. The van der Waals surface area contributed by atoms with E-state index in [2.05, 4.69) is 0 Å². The third kappa shape index (κ3) is 3.76. The van der Waals surface area contributed by atoms with Gasteiger partial charge in [0, 0.05) is 11.4 Å². The Kier molecular flexibility index (Phi) is 4.04. The lowest BCUT2D eigenvalue weighted by molar-refractivity contribution is -0.240. The Bertz CT molecular complexity index is 307. The maximum absolute atomic E-state index is 12.2. The smallest absolute Gasteiger partial charge is 0.213 e. The van der Waals surface area contributed by atoms with Crippen LogP contribution < -0.4 is 0 Å². The Hall–Kier alpha value is -0.680. The van der Waals surface area contributed by atoms with Gasteiger partial charge in [0.15, 0.2) is 0 Å². The van der Waals surface area contributed by atoms with Crippen LogP contribution in [-0.4, -0.2) is 24.5 Å². The minimum atomic E-state index is -4.27. The molecule has 0 aliphatic carbocycles. The van der Waals surface area contributed by atoms with Crippen molar-refractivity contribution in [2.75, 3.05) is 13.3 Å². The maximum Gasteiger partial charge on any atom is 0.459 e. The molecule has 1 aromatic rings.